The molecule has 0 spiro atoms. The first kappa shape index (κ1) is 13.8. The third-order valence-electron chi connectivity index (χ3n) is 3.66. The Hall–Kier alpha value is -2.14. The number of nitrogens with one attached hydrogen (secondary N) is 1. The molecule has 21 heavy (non-hydrogen) atoms. The Morgan fingerprint density at radius 3 is 2.90 bits per heavy atom. The van der Waals surface area contributed by atoms with Crippen molar-refractivity contribution in [2.75, 3.05) is 5.73 Å². The summed E-state index contributed by atoms with van der Waals surface area (Å²) in [5.74, 6) is -0.105. The number of amides is 1. The van der Waals surface area contributed by atoms with E-state index in [0.29, 0.717) is 10.6 Å². The van der Waals surface area contributed by atoms with Gasteiger partial charge in [-0.3, -0.25) is 9.78 Å². The minimum atomic E-state index is -0.105. The van der Waals surface area contributed by atoms with E-state index in [1.54, 1.807) is 6.20 Å². The van der Waals surface area contributed by atoms with E-state index >= 15 is 0 Å². The topological polar surface area (TPSA) is 68.0 Å². The maximum atomic E-state index is 12.3. The number of rotatable bonds is 3. The molecule has 0 saturated carbocycles. The summed E-state index contributed by atoms with van der Waals surface area (Å²) in [5, 5.41) is 4.86. The fraction of sp³-hybridized carbons (Fsp3) is 0.250. The first-order valence-corrected chi connectivity index (χ1v) is 7.80. The van der Waals surface area contributed by atoms with E-state index in [0.717, 1.165) is 27.4 Å². The van der Waals surface area contributed by atoms with Crippen molar-refractivity contribution < 1.29 is 4.79 Å². The molecule has 0 aliphatic rings. The molecule has 3 aromatic rings. The van der Waals surface area contributed by atoms with Gasteiger partial charge in [-0.15, -0.1) is 11.3 Å². The van der Waals surface area contributed by atoms with Gasteiger partial charge >= 0.3 is 0 Å². The van der Waals surface area contributed by atoms with Crippen LogP contribution in [-0.4, -0.2) is 16.9 Å². The van der Waals surface area contributed by atoms with Gasteiger partial charge in [-0.2, -0.15) is 0 Å². The number of thiophene rings is 1. The number of anilines is 1. The van der Waals surface area contributed by atoms with Crippen LogP contribution in [-0.2, 0) is 0 Å². The second kappa shape index (κ2) is 5.33. The minimum absolute atomic E-state index is 0.105. The Labute approximate surface area is 127 Å². The minimum Gasteiger partial charge on any atom is -0.397 e. The lowest BCUT2D eigenvalue weighted by Gasteiger charge is -2.10. The van der Waals surface area contributed by atoms with Crippen LogP contribution in [0, 0.1) is 0 Å². The first-order valence-electron chi connectivity index (χ1n) is 6.98. The predicted octanol–water partition coefficient (Wildman–Crippen LogP) is 3.56. The molecule has 0 fully saturated rings. The van der Waals surface area contributed by atoms with Gasteiger partial charge in [0.15, 0.2) is 0 Å². The standard InChI is InChI=1S/C16H17N3OS/c1-3-9(2)19-16(20)15-13(17)11-8-18-12-7-5-4-6-10(12)14(11)21-15/h4-9H,3,17H2,1-2H3,(H,19,20). The monoisotopic (exact) mass is 299 g/mol. The molecule has 5 heteroatoms. The second-order valence-corrected chi connectivity index (χ2v) is 6.17. The molecular formula is C16H17N3OS. The third kappa shape index (κ3) is 2.34. The molecule has 0 radical (unpaired) electrons. The third-order valence-corrected chi connectivity index (χ3v) is 4.91. The van der Waals surface area contributed by atoms with Gasteiger partial charge in [-0.25, -0.2) is 0 Å². The molecule has 108 valence electrons. The van der Waals surface area contributed by atoms with Crippen molar-refractivity contribution in [1.29, 1.82) is 0 Å². The Balaban J connectivity index is 2.15. The lowest BCUT2D eigenvalue weighted by Crippen LogP contribution is -2.31. The zero-order chi connectivity index (χ0) is 15.0. The van der Waals surface area contributed by atoms with Gasteiger partial charge < -0.3 is 11.1 Å². The van der Waals surface area contributed by atoms with Crippen LogP contribution in [0.4, 0.5) is 5.69 Å². The second-order valence-electron chi connectivity index (χ2n) is 5.15. The van der Waals surface area contributed by atoms with E-state index in [1.807, 2.05) is 38.1 Å². The van der Waals surface area contributed by atoms with Crippen molar-refractivity contribution >= 4 is 43.9 Å². The Kier molecular flexibility index (Phi) is 3.51. The van der Waals surface area contributed by atoms with E-state index in [4.69, 9.17) is 5.73 Å². The average molecular weight is 299 g/mol. The molecule has 3 N–H and O–H groups in total. The average Bonchev–Trinajstić information content (AvgIpc) is 2.85. The maximum absolute atomic E-state index is 12.3. The fourth-order valence-electron chi connectivity index (χ4n) is 2.26. The SMILES string of the molecule is CCC(C)NC(=O)c1sc2c(cnc3ccccc32)c1N. The zero-order valence-electron chi connectivity index (χ0n) is 12.0. The summed E-state index contributed by atoms with van der Waals surface area (Å²) < 4.78 is 1.02. The number of aromatic nitrogens is 1. The maximum Gasteiger partial charge on any atom is 0.263 e. The van der Waals surface area contributed by atoms with Crippen LogP contribution in [0.5, 0.6) is 0 Å². The Morgan fingerprint density at radius 2 is 2.14 bits per heavy atom. The summed E-state index contributed by atoms with van der Waals surface area (Å²) in [7, 11) is 0. The van der Waals surface area contributed by atoms with E-state index in [1.165, 1.54) is 11.3 Å². The summed E-state index contributed by atoms with van der Waals surface area (Å²) in [6, 6.07) is 8.03. The van der Waals surface area contributed by atoms with Gasteiger partial charge in [0.25, 0.3) is 5.91 Å². The normalized spacial score (nSPS) is 12.7. The number of benzene rings is 1. The Bertz CT molecular complexity index is 825. The largest absolute Gasteiger partial charge is 0.397 e. The molecule has 3 rings (SSSR count). The highest BCUT2D eigenvalue weighted by atomic mass is 32.1. The number of nitrogens with two attached hydrogens (primary N) is 1. The van der Waals surface area contributed by atoms with Crippen molar-refractivity contribution in [2.45, 2.75) is 26.3 Å². The predicted molar refractivity (Wildman–Crippen MR) is 88.8 cm³/mol. The lowest BCUT2D eigenvalue weighted by molar-refractivity contribution is 0.0944. The molecule has 0 saturated heterocycles. The molecule has 1 amide bonds. The van der Waals surface area contributed by atoms with E-state index in [2.05, 4.69) is 10.3 Å². The molecule has 1 atom stereocenters. The number of carbonyl (C=O) groups is 1. The van der Waals surface area contributed by atoms with Crippen LogP contribution in [0.2, 0.25) is 0 Å². The Morgan fingerprint density at radius 1 is 1.38 bits per heavy atom. The molecule has 2 heterocycles. The summed E-state index contributed by atoms with van der Waals surface area (Å²) >= 11 is 1.44. The molecule has 1 unspecified atom stereocenters. The van der Waals surface area contributed by atoms with Gasteiger partial charge in [0.1, 0.15) is 4.88 Å². The molecule has 4 nitrogen and oxygen atoms in total. The van der Waals surface area contributed by atoms with Crippen LogP contribution >= 0.6 is 11.3 Å². The molecule has 0 bridgehead atoms. The smallest absolute Gasteiger partial charge is 0.263 e. The quantitative estimate of drug-likeness (QED) is 0.777. The highest BCUT2D eigenvalue weighted by Crippen LogP contribution is 2.37. The number of hydrogen-bond acceptors (Lipinski definition) is 4. The van der Waals surface area contributed by atoms with Gasteiger partial charge in [0.2, 0.25) is 0 Å². The van der Waals surface area contributed by atoms with Crippen molar-refractivity contribution in [1.82, 2.24) is 10.3 Å². The lowest BCUT2D eigenvalue weighted by atomic mass is 10.1. The number of nitrogens with zero attached hydrogens (tertiary/aromatic N) is 1. The molecule has 0 aliphatic heterocycles. The fourth-order valence-corrected chi connectivity index (χ4v) is 3.39. The van der Waals surface area contributed by atoms with Crippen LogP contribution in [0.15, 0.2) is 30.5 Å². The van der Waals surface area contributed by atoms with E-state index in [-0.39, 0.29) is 11.9 Å². The van der Waals surface area contributed by atoms with Crippen LogP contribution in [0.1, 0.15) is 29.9 Å². The van der Waals surface area contributed by atoms with Gasteiger partial charge in [-0.1, -0.05) is 25.1 Å². The number of pyridine rings is 1. The zero-order valence-corrected chi connectivity index (χ0v) is 12.8. The number of para-hydroxylation sites is 1. The van der Waals surface area contributed by atoms with Gasteiger partial charge in [0, 0.05) is 27.7 Å². The highest BCUT2D eigenvalue weighted by Gasteiger charge is 2.19. The van der Waals surface area contributed by atoms with Crippen molar-refractivity contribution in [3.05, 3.63) is 35.3 Å². The number of carbonyl (C=O) groups excluding carboxylic acids is 1. The molecule has 2 aromatic heterocycles. The van der Waals surface area contributed by atoms with E-state index in [9.17, 15) is 4.79 Å². The first-order chi connectivity index (χ1) is 10.1. The van der Waals surface area contributed by atoms with Crippen LogP contribution in [0.25, 0.3) is 21.0 Å². The summed E-state index contributed by atoms with van der Waals surface area (Å²) in [5.41, 5.74) is 7.60. The number of nitrogen functional groups attached to an aromatic ring is 1. The van der Waals surface area contributed by atoms with Crippen molar-refractivity contribution in [3.63, 3.8) is 0 Å². The number of fused-ring (bicyclic) bond motifs is 3. The molecule has 0 aliphatic carbocycles. The molecule has 1 aromatic carbocycles. The van der Waals surface area contributed by atoms with Crippen molar-refractivity contribution in [2.24, 2.45) is 0 Å². The summed E-state index contributed by atoms with van der Waals surface area (Å²) in [4.78, 5) is 17.3. The highest BCUT2D eigenvalue weighted by molar-refractivity contribution is 7.22. The van der Waals surface area contributed by atoms with Gasteiger partial charge in [-0.05, 0) is 19.4 Å². The molecular weight excluding hydrogens is 282 g/mol. The summed E-state index contributed by atoms with van der Waals surface area (Å²) in [6.07, 6.45) is 2.64. The van der Waals surface area contributed by atoms with Crippen molar-refractivity contribution in [3.8, 4) is 0 Å². The van der Waals surface area contributed by atoms with Gasteiger partial charge in [0.05, 0.1) is 11.2 Å². The summed E-state index contributed by atoms with van der Waals surface area (Å²) in [6.45, 7) is 4.02. The number of hydrogen-bond donors (Lipinski definition) is 2. The van der Waals surface area contributed by atoms with E-state index < -0.39 is 0 Å². The van der Waals surface area contributed by atoms with Crippen LogP contribution < -0.4 is 11.1 Å². The van der Waals surface area contributed by atoms with Crippen LogP contribution in [0.3, 0.4) is 0 Å².